The first-order chi connectivity index (χ1) is 8.29. The molecule has 0 atom stereocenters. The molecule has 4 heteroatoms. The fourth-order valence-electron chi connectivity index (χ4n) is 1.38. The van der Waals surface area contributed by atoms with Crippen molar-refractivity contribution in [2.75, 3.05) is 0 Å². The molecule has 0 aliphatic heterocycles. The maximum Gasteiger partial charge on any atom is 0.265 e. The molecule has 0 heterocycles. The number of nitrogens with two attached hydrogens (primary N) is 1. The summed E-state index contributed by atoms with van der Waals surface area (Å²) in [7, 11) is 0. The first-order valence-corrected chi connectivity index (χ1v) is 5.13. The van der Waals surface area contributed by atoms with Gasteiger partial charge >= 0.3 is 0 Å². The molecule has 3 N–H and O–H groups in total. The van der Waals surface area contributed by atoms with Gasteiger partial charge in [0.2, 0.25) is 0 Å². The lowest BCUT2D eigenvalue weighted by Gasteiger charge is -2.05. The van der Waals surface area contributed by atoms with Crippen LogP contribution in [-0.2, 0) is 0 Å². The van der Waals surface area contributed by atoms with Gasteiger partial charge in [-0.25, -0.2) is 5.84 Å². The van der Waals surface area contributed by atoms with Crippen molar-refractivity contribution < 1.29 is 9.53 Å². The SMILES string of the molecule is NNC(=O)c1ccc(Oc2ccccc2)cc1. The third-order valence-electron chi connectivity index (χ3n) is 2.23. The van der Waals surface area contributed by atoms with Crippen LogP contribution in [-0.4, -0.2) is 5.91 Å². The van der Waals surface area contributed by atoms with Crippen molar-refractivity contribution in [3.05, 3.63) is 60.2 Å². The van der Waals surface area contributed by atoms with Crippen LogP contribution >= 0.6 is 0 Å². The van der Waals surface area contributed by atoms with E-state index in [2.05, 4.69) is 5.43 Å². The van der Waals surface area contributed by atoms with E-state index in [1.165, 1.54) is 0 Å². The number of carbonyl (C=O) groups excluding carboxylic acids is 1. The third kappa shape index (κ3) is 2.83. The van der Waals surface area contributed by atoms with Crippen LogP contribution in [0.1, 0.15) is 10.4 Å². The standard InChI is InChI=1S/C13H12N2O2/c14-15-13(16)10-6-8-12(9-7-10)17-11-4-2-1-3-5-11/h1-9H,14H2,(H,15,16). The van der Waals surface area contributed by atoms with Gasteiger partial charge in [0.05, 0.1) is 0 Å². The maximum atomic E-state index is 11.2. The second-order valence-electron chi connectivity index (χ2n) is 3.41. The van der Waals surface area contributed by atoms with Crippen LogP contribution in [0.4, 0.5) is 0 Å². The van der Waals surface area contributed by atoms with Crippen molar-refractivity contribution in [2.45, 2.75) is 0 Å². The molecule has 0 aromatic heterocycles. The second kappa shape index (κ2) is 5.14. The quantitative estimate of drug-likeness (QED) is 0.480. The highest BCUT2D eigenvalue weighted by Crippen LogP contribution is 2.20. The van der Waals surface area contributed by atoms with Gasteiger partial charge in [-0.05, 0) is 36.4 Å². The molecule has 17 heavy (non-hydrogen) atoms. The molecule has 0 saturated carbocycles. The average molecular weight is 228 g/mol. The van der Waals surface area contributed by atoms with Gasteiger partial charge in [0, 0.05) is 5.56 Å². The summed E-state index contributed by atoms with van der Waals surface area (Å²) in [5.41, 5.74) is 2.56. The van der Waals surface area contributed by atoms with Crippen molar-refractivity contribution in [1.82, 2.24) is 5.43 Å². The molecule has 2 rings (SSSR count). The smallest absolute Gasteiger partial charge is 0.265 e. The number of nitrogens with one attached hydrogen (secondary N) is 1. The van der Waals surface area contributed by atoms with Gasteiger partial charge in [-0.3, -0.25) is 10.2 Å². The van der Waals surface area contributed by atoms with Crippen LogP contribution < -0.4 is 16.0 Å². The minimum Gasteiger partial charge on any atom is -0.457 e. The lowest BCUT2D eigenvalue weighted by atomic mass is 10.2. The number of hydrogen-bond donors (Lipinski definition) is 2. The number of benzene rings is 2. The number of nitrogen functional groups attached to an aromatic ring is 1. The van der Waals surface area contributed by atoms with Crippen molar-refractivity contribution >= 4 is 5.91 Å². The van der Waals surface area contributed by atoms with E-state index in [0.717, 1.165) is 5.75 Å². The molecule has 86 valence electrons. The minimum atomic E-state index is -0.323. The molecule has 0 spiro atoms. The first-order valence-electron chi connectivity index (χ1n) is 5.13. The van der Waals surface area contributed by atoms with Gasteiger partial charge in [-0.1, -0.05) is 18.2 Å². The Morgan fingerprint density at radius 2 is 1.53 bits per heavy atom. The molecule has 0 fully saturated rings. The van der Waals surface area contributed by atoms with Crippen molar-refractivity contribution in [3.8, 4) is 11.5 Å². The molecule has 0 radical (unpaired) electrons. The monoisotopic (exact) mass is 228 g/mol. The number of amides is 1. The number of carbonyl (C=O) groups is 1. The number of hydrazine groups is 1. The predicted molar refractivity (Wildman–Crippen MR) is 64.6 cm³/mol. The summed E-state index contributed by atoms with van der Waals surface area (Å²) in [4.78, 5) is 11.2. The Morgan fingerprint density at radius 1 is 0.941 bits per heavy atom. The topological polar surface area (TPSA) is 64.3 Å². The van der Waals surface area contributed by atoms with Crippen LogP contribution in [0.5, 0.6) is 11.5 Å². The molecule has 2 aromatic rings. The molecular formula is C13H12N2O2. The highest BCUT2D eigenvalue weighted by Gasteiger charge is 2.03. The number of ether oxygens (including phenoxy) is 1. The van der Waals surface area contributed by atoms with Crippen LogP contribution in [0.3, 0.4) is 0 Å². The van der Waals surface area contributed by atoms with Gasteiger partial charge in [0.25, 0.3) is 5.91 Å². The second-order valence-corrected chi connectivity index (χ2v) is 3.41. The summed E-state index contributed by atoms with van der Waals surface area (Å²) in [6.07, 6.45) is 0. The third-order valence-corrected chi connectivity index (χ3v) is 2.23. The van der Waals surface area contributed by atoms with Gasteiger partial charge in [-0.2, -0.15) is 0 Å². The largest absolute Gasteiger partial charge is 0.457 e. The van der Waals surface area contributed by atoms with E-state index in [-0.39, 0.29) is 5.91 Å². The summed E-state index contributed by atoms with van der Waals surface area (Å²) in [5, 5.41) is 0. The van der Waals surface area contributed by atoms with E-state index in [0.29, 0.717) is 11.3 Å². The Labute approximate surface area is 99.0 Å². The van der Waals surface area contributed by atoms with Gasteiger partial charge in [0.15, 0.2) is 0 Å². The van der Waals surface area contributed by atoms with Gasteiger partial charge in [-0.15, -0.1) is 0 Å². The van der Waals surface area contributed by atoms with E-state index >= 15 is 0 Å². The Kier molecular flexibility index (Phi) is 3.37. The zero-order valence-electron chi connectivity index (χ0n) is 9.09. The van der Waals surface area contributed by atoms with Crippen LogP contribution in [0.2, 0.25) is 0 Å². The van der Waals surface area contributed by atoms with Crippen LogP contribution in [0, 0.1) is 0 Å². The maximum absolute atomic E-state index is 11.2. The molecule has 0 aliphatic rings. The number of rotatable bonds is 3. The van der Waals surface area contributed by atoms with Crippen LogP contribution in [0.15, 0.2) is 54.6 Å². The molecule has 0 aliphatic carbocycles. The van der Waals surface area contributed by atoms with E-state index in [9.17, 15) is 4.79 Å². The normalized spacial score (nSPS) is 9.71. The van der Waals surface area contributed by atoms with Gasteiger partial charge < -0.3 is 4.74 Å². The average Bonchev–Trinajstić information content (AvgIpc) is 2.40. The molecule has 1 amide bonds. The van der Waals surface area contributed by atoms with Crippen molar-refractivity contribution in [2.24, 2.45) is 5.84 Å². The molecule has 0 unspecified atom stereocenters. The molecule has 4 nitrogen and oxygen atoms in total. The molecule has 2 aromatic carbocycles. The summed E-state index contributed by atoms with van der Waals surface area (Å²) >= 11 is 0. The predicted octanol–water partition coefficient (Wildman–Crippen LogP) is 2.08. The molecule has 0 bridgehead atoms. The van der Waals surface area contributed by atoms with E-state index in [4.69, 9.17) is 10.6 Å². The van der Waals surface area contributed by atoms with E-state index < -0.39 is 0 Å². The fraction of sp³-hybridized carbons (Fsp3) is 0. The molecule has 0 saturated heterocycles. The Morgan fingerprint density at radius 3 is 2.12 bits per heavy atom. The molecular weight excluding hydrogens is 216 g/mol. The van der Waals surface area contributed by atoms with Crippen molar-refractivity contribution in [3.63, 3.8) is 0 Å². The Balaban J connectivity index is 2.11. The zero-order chi connectivity index (χ0) is 12.1. The summed E-state index contributed by atoms with van der Waals surface area (Å²) in [6.45, 7) is 0. The number of hydrogen-bond acceptors (Lipinski definition) is 3. The van der Waals surface area contributed by atoms with E-state index in [1.54, 1.807) is 24.3 Å². The minimum absolute atomic E-state index is 0.323. The number of para-hydroxylation sites is 1. The fourth-order valence-corrected chi connectivity index (χ4v) is 1.38. The first kappa shape index (κ1) is 11.2. The van der Waals surface area contributed by atoms with Gasteiger partial charge in [0.1, 0.15) is 11.5 Å². The zero-order valence-corrected chi connectivity index (χ0v) is 9.09. The summed E-state index contributed by atoms with van der Waals surface area (Å²) < 4.78 is 5.58. The highest BCUT2D eigenvalue weighted by atomic mass is 16.5. The lowest BCUT2D eigenvalue weighted by Crippen LogP contribution is -2.29. The van der Waals surface area contributed by atoms with E-state index in [1.807, 2.05) is 30.3 Å². The highest BCUT2D eigenvalue weighted by molar-refractivity contribution is 5.93. The Bertz CT molecular complexity index is 495. The van der Waals surface area contributed by atoms with Crippen LogP contribution in [0.25, 0.3) is 0 Å². The van der Waals surface area contributed by atoms with Crippen molar-refractivity contribution in [1.29, 1.82) is 0 Å². The summed E-state index contributed by atoms with van der Waals surface area (Å²) in [6, 6.07) is 16.2. The Hall–Kier alpha value is -2.33. The lowest BCUT2D eigenvalue weighted by molar-refractivity contribution is 0.0953. The summed E-state index contributed by atoms with van der Waals surface area (Å²) in [5.74, 6) is 6.14.